The molecule has 1 spiro atoms. The molecule has 0 radical (unpaired) electrons. The van der Waals surface area contributed by atoms with Crippen LogP contribution in [0.5, 0.6) is 0 Å². The molecular formula is C16H30N4. The SMILES string of the molecule is C=CCNC(N)=NCCN1CCC2(CCCCC2)CC1. The lowest BCUT2D eigenvalue weighted by Gasteiger charge is -2.44. The number of piperidine rings is 1. The molecule has 2 fully saturated rings. The largest absolute Gasteiger partial charge is 0.370 e. The zero-order valence-corrected chi connectivity index (χ0v) is 12.7. The molecular weight excluding hydrogens is 248 g/mol. The number of hydrogen-bond donors (Lipinski definition) is 2. The molecule has 1 saturated heterocycles. The Morgan fingerprint density at radius 3 is 2.55 bits per heavy atom. The molecule has 0 aromatic heterocycles. The van der Waals surface area contributed by atoms with Gasteiger partial charge in [0.05, 0.1) is 6.54 Å². The molecule has 1 aliphatic carbocycles. The van der Waals surface area contributed by atoms with Gasteiger partial charge in [-0.15, -0.1) is 6.58 Å². The lowest BCUT2D eigenvalue weighted by Crippen LogP contribution is -2.42. The van der Waals surface area contributed by atoms with Crippen molar-refractivity contribution in [1.82, 2.24) is 10.2 Å². The van der Waals surface area contributed by atoms with Crippen molar-refractivity contribution < 1.29 is 0 Å². The van der Waals surface area contributed by atoms with Crippen LogP contribution in [-0.2, 0) is 0 Å². The van der Waals surface area contributed by atoms with Crippen molar-refractivity contribution in [2.24, 2.45) is 16.1 Å². The molecule has 0 unspecified atom stereocenters. The van der Waals surface area contributed by atoms with Crippen molar-refractivity contribution in [3.05, 3.63) is 12.7 Å². The number of nitrogens with one attached hydrogen (secondary N) is 1. The maximum atomic E-state index is 5.76. The topological polar surface area (TPSA) is 53.6 Å². The van der Waals surface area contributed by atoms with E-state index in [-0.39, 0.29) is 0 Å². The minimum absolute atomic E-state index is 0.533. The fraction of sp³-hybridized carbons (Fsp3) is 0.812. The quantitative estimate of drug-likeness (QED) is 0.460. The first-order valence-corrected chi connectivity index (χ1v) is 8.11. The van der Waals surface area contributed by atoms with Gasteiger partial charge in [-0.05, 0) is 44.2 Å². The van der Waals surface area contributed by atoms with Gasteiger partial charge in [0.15, 0.2) is 5.96 Å². The number of nitrogens with zero attached hydrogens (tertiary/aromatic N) is 2. The first-order valence-electron chi connectivity index (χ1n) is 8.11. The van der Waals surface area contributed by atoms with E-state index in [9.17, 15) is 0 Å². The molecule has 0 bridgehead atoms. The fourth-order valence-corrected chi connectivity index (χ4v) is 3.60. The van der Waals surface area contributed by atoms with E-state index in [1.165, 1.54) is 58.0 Å². The monoisotopic (exact) mass is 278 g/mol. The van der Waals surface area contributed by atoms with E-state index < -0.39 is 0 Å². The van der Waals surface area contributed by atoms with Crippen molar-refractivity contribution in [3.63, 3.8) is 0 Å². The second-order valence-electron chi connectivity index (χ2n) is 6.34. The van der Waals surface area contributed by atoms with Crippen LogP contribution >= 0.6 is 0 Å². The Morgan fingerprint density at radius 2 is 1.90 bits per heavy atom. The van der Waals surface area contributed by atoms with E-state index in [1.54, 1.807) is 6.08 Å². The lowest BCUT2D eigenvalue weighted by atomic mass is 9.68. The highest BCUT2D eigenvalue weighted by atomic mass is 15.2. The molecule has 1 saturated carbocycles. The zero-order valence-electron chi connectivity index (χ0n) is 12.7. The third-order valence-corrected chi connectivity index (χ3v) is 4.96. The minimum atomic E-state index is 0.533. The van der Waals surface area contributed by atoms with Crippen LogP contribution < -0.4 is 11.1 Å². The lowest BCUT2D eigenvalue weighted by molar-refractivity contribution is 0.0695. The van der Waals surface area contributed by atoms with E-state index in [4.69, 9.17) is 5.73 Å². The molecule has 0 aromatic carbocycles. The van der Waals surface area contributed by atoms with Crippen LogP contribution in [0.1, 0.15) is 44.9 Å². The summed E-state index contributed by atoms with van der Waals surface area (Å²) in [6, 6.07) is 0. The summed E-state index contributed by atoms with van der Waals surface area (Å²) < 4.78 is 0. The molecule has 1 heterocycles. The number of likely N-dealkylation sites (tertiary alicyclic amines) is 1. The van der Waals surface area contributed by atoms with E-state index >= 15 is 0 Å². The zero-order chi connectivity index (χ0) is 14.3. The Morgan fingerprint density at radius 1 is 1.20 bits per heavy atom. The highest BCUT2D eigenvalue weighted by Gasteiger charge is 2.35. The summed E-state index contributed by atoms with van der Waals surface area (Å²) in [4.78, 5) is 6.90. The highest BCUT2D eigenvalue weighted by Crippen LogP contribution is 2.44. The fourth-order valence-electron chi connectivity index (χ4n) is 3.60. The van der Waals surface area contributed by atoms with E-state index in [1.807, 2.05) is 0 Å². The predicted molar refractivity (Wildman–Crippen MR) is 85.9 cm³/mol. The Kier molecular flexibility index (Phi) is 5.89. The summed E-state index contributed by atoms with van der Waals surface area (Å²) in [6.07, 6.45) is 11.9. The Hall–Kier alpha value is -1.03. The van der Waals surface area contributed by atoms with Crippen molar-refractivity contribution >= 4 is 5.96 Å². The summed E-state index contributed by atoms with van der Waals surface area (Å²) in [5.41, 5.74) is 6.46. The van der Waals surface area contributed by atoms with Gasteiger partial charge in [-0.1, -0.05) is 25.3 Å². The van der Waals surface area contributed by atoms with Crippen molar-refractivity contribution in [3.8, 4) is 0 Å². The second kappa shape index (κ2) is 7.67. The van der Waals surface area contributed by atoms with Crippen LogP contribution in [0.2, 0.25) is 0 Å². The standard InChI is InChI=1S/C16H30N4/c1-2-10-18-15(17)19-11-14-20-12-8-16(9-13-20)6-4-3-5-7-16/h2H,1,3-14H2,(H3,17,18,19). The molecule has 20 heavy (non-hydrogen) atoms. The van der Waals surface area contributed by atoms with Crippen molar-refractivity contribution in [1.29, 1.82) is 0 Å². The van der Waals surface area contributed by atoms with Gasteiger partial charge in [-0.3, -0.25) is 4.99 Å². The number of guanidine groups is 1. The van der Waals surface area contributed by atoms with Gasteiger partial charge in [-0.2, -0.15) is 0 Å². The van der Waals surface area contributed by atoms with Crippen LogP contribution in [0.15, 0.2) is 17.6 Å². The molecule has 0 atom stereocenters. The minimum Gasteiger partial charge on any atom is -0.370 e. The molecule has 3 N–H and O–H groups in total. The molecule has 2 aliphatic rings. The summed E-state index contributed by atoms with van der Waals surface area (Å²) >= 11 is 0. The van der Waals surface area contributed by atoms with Crippen LogP contribution in [0.25, 0.3) is 0 Å². The van der Waals surface area contributed by atoms with Crippen molar-refractivity contribution in [2.75, 3.05) is 32.7 Å². The maximum Gasteiger partial charge on any atom is 0.188 e. The first kappa shape index (κ1) is 15.4. The van der Waals surface area contributed by atoms with E-state index in [0.717, 1.165) is 13.1 Å². The number of rotatable bonds is 5. The van der Waals surface area contributed by atoms with Crippen molar-refractivity contribution in [2.45, 2.75) is 44.9 Å². The number of nitrogens with two attached hydrogens (primary N) is 1. The van der Waals surface area contributed by atoms with E-state index in [0.29, 0.717) is 17.9 Å². The Labute approximate surface area is 123 Å². The van der Waals surface area contributed by atoms with Gasteiger partial charge in [-0.25, -0.2) is 0 Å². The second-order valence-corrected chi connectivity index (χ2v) is 6.34. The average molecular weight is 278 g/mol. The van der Waals surface area contributed by atoms with Crippen LogP contribution in [0, 0.1) is 5.41 Å². The van der Waals surface area contributed by atoms with Crippen LogP contribution in [-0.4, -0.2) is 43.6 Å². The summed E-state index contributed by atoms with van der Waals surface area (Å²) in [5, 5.41) is 3.01. The summed E-state index contributed by atoms with van der Waals surface area (Å²) in [6.45, 7) is 8.65. The summed E-state index contributed by atoms with van der Waals surface area (Å²) in [5.74, 6) is 0.533. The Balaban J connectivity index is 1.65. The molecule has 0 amide bonds. The molecule has 2 rings (SSSR count). The number of hydrogen-bond acceptors (Lipinski definition) is 2. The molecule has 0 aromatic rings. The average Bonchev–Trinajstić information content (AvgIpc) is 2.48. The number of aliphatic imine (C=N–C) groups is 1. The maximum absolute atomic E-state index is 5.76. The third-order valence-electron chi connectivity index (χ3n) is 4.96. The smallest absolute Gasteiger partial charge is 0.188 e. The molecule has 4 nitrogen and oxygen atoms in total. The molecule has 4 heteroatoms. The van der Waals surface area contributed by atoms with Gasteiger partial charge in [0.2, 0.25) is 0 Å². The first-order chi connectivity index (χ1) is 9.74. The van der Waals surface area contributed by atoms with Gasteiger partial charge in [0.25, 0.3) is 0 Å². The van der Waals surface area contributed by atoms with Gasteiger partial charge >= 0.3 is 0 Å². The predicted octanol–water partition coefficient (Wildman–Crippen LogP) is 2.12. The van der Waals surface area contributed by atoms with Crippen LogP contribution in [0.4, 0.5) is 0 Å². The van der Waals surface area contributed by atoms with E-state index in [2.05, 4.69) is 21.8 Å². The third kappa shape index (κ3) is 4.51. The molecule has 114 valence electrons. The summed E-state index contributed by atoms with van der Waals surface area (Å²) in [7, 11) is 0. The molecule has 1 aliphatic heterocycles. The van der Waals surface area contributed by atoms with Gasteiger partial charge in [0, 0.05) is 13.1 Å². The Bertz CT molecular complexity index is 321. The van der Waals surface area contributed by atoms with Gasteiger partial charge in [0.1, 0.15) is 0 Å². The normalized spacial score (nSPS) is 23.7. The van der Waals surface area contributed by atoms with Gasteiger partial charge < -0.3 is 16.0 Å². The highest BCUT2D eigenvalue weighted by molar-refractivity contribution is 5.77. The van der Waals surface area contributed by atoms with Crippen LogP contribution in [0.3, 0.4) is 0 Å².